The van der Waals surface area contributed by atoms with Crippen LogP contribution >= 0.6 is 11.6 Å². The lowest BCUT2D eigenvalue weighted by Crippen LogP contribution is -2.55. The van der Waals surface area contributed by atoms with Gasteiger partial charge in [0.25, 0.3) is 0 Å². The number of ether oxygens (including phenoxy) is 2. The molecule has 2 heterocycles. The molecule has 0 radical (unpaired) electrons. The van der Waals surface area contributed by atoms with Crippen LogP contribution < -0.4 is 5.32 Å². The highest BCUT2D eigenvalue weighted by molar-refractivity contribution is 6.31. The average molecular weight is 459 g/mol. The number of benzene rings is 2. The Morgan fingerprint density at radius 3 is 2.69 bits per heavy atom. The maximum atomic E-state index is 12.5. The number of hydrogen-bond donors (Lipinski definition) is 2. The molecule has 1 amide bonds. The Morgan fingerprint density at radius 1 is 1.09 bits per heavy atom. The van der Waals surface area contributed by atoms with E-state index in [1.165, 1.54) is 5.56 Å². The summed E-state index contributed by atoms with van der Waals surface area (Å²) in [6.07, 6.45) is 1.22. The summed E-state index contributed by atoms with van der Waals surface area (Å²) < 4.78 is 12.1. The third kappa shape index (κ3) is 6.30. The fourth-order valence-electron chi connectivity index (χ4n) is 4.56. The van der Waals surface area contributed by atoms with Crippen molar-refractivity contribution in [2.75, 3.05) is 19.8 Å². The molecule has 32 heavy (non-hydrogen) atoms. The molecule has 6 nitrogen and oxygen atoms in total. The van der Waals surface area contributed by atoms with Crippen LogP contribution in [-0.4, -0.2) is 60.0 Å². The first-order chi connectivity index (χ1) is 15.6. The first-order valence-electron chi connectivity index (χ1n) is 11.3. The topological polar surface area (TPSA) is 71.0 Å². The molecule has 4 rings (SSSR count). The maximum absolute atomic E-state index is 12.5. The third-order valence-corrected chi connectivity index (χ3v) is 6.53. The van der Waals surface area contributed by atoms with Crippen molar-refractivity contribution >= 4 is 17.5 Å². The number of aliphatic hydroxyl groups is 1. The van der Waals surface area contributed by atoms with E-state index in [0.717, 1.165) is 24.9 Å². The van der Waals surface area contributed by atoms with Gasteiger partial charge in [-0.3, -0.25) is 9.69 Å². The Hall–Kier alpha value is -1.96. The van der Waals surface area contributed by atoms with Gasteiger partial charge in [0.05, 0.1) is 37.9 Å². The predicted octanol–water partition coefficient (Wildman–Crippen LogP) is 3.16. The fraction of sp³-hybridized carbons (Fsp3) is 0.480. The quantitative estimate of drug-likeness (QED) is 0.695. The van der Waals surface area contributed by atoms with Crippen LogP contribution in [0.25, 0.3) is 0 Å². The molecule has 2 aliphatic heterocycles. The summed E-state index contributed by atoms with van der Waals surface area (Å²) in [5.74, 6) is -0.0447. The molecule has 2 aliphatic rings. The molecule has 0 aromatic heterocycles. The summed E-state index contributed by atoms with van der Waals surface area (Å²) in [7, 11) is 0. The van der Waals surface area contributed by atoms with Crippen LogP contribution in [0.15, 0.2) is 54.6 Å². The van der Waals surface area contributed by atoms with Crippen LogP contribution in [-0.2, 0) is 27.4 Å². The highest BCUT2D eigenvalue weighted by Gasteiger charge is 2.38. The van der Waals surface area contributed by atoms with Crippen molar-refractivity contribution < 1.29 is 19.4 Å². The van der Waals surface area contributed by atoms with Crippen molar-refractivity contribution in [3.8, 4) is 0 Å². The molecule has 172 valence electrons. The first kappa shape index (κ1) is 23.2. The highest BCUT2D eigenvalue weighted by Crippen LogP contribution is 2.28. The van der Waals surface area contributed by atoms with E-state index in [4.69, 9.17) is 21.1 Å². The zero-order chi connectivity index (χ0) is 22.3. The minimum absolute atomic E-state index is 0.0447. The van der Waals surface area contributed by atoms with E-state index >= 15 is 0 Å². The molecule has 2 aromatic rings. The molecule has 4 atom stereocenters. The second-order valence-corrected chi connectivity index (χ2v) is 9.03. The minimum Gasteiger partial charge on any atom is -0.389 e. The molecular weight excluding hydrogens is 428 g/mol. The number of hydrogen-bond acceptors (Lipinski definition) is 5. The van der Waals surface area contributed by atoms with Gasteiger partial charge in [-0.05, 0) is 30.0 Å². The lowest BCUT2D eigenvalue weighted by Gasteiger charge is -2.44. The Bertz CT molecular complexity index is 881. The predicted molar refractivity (Wildman–Crippen MR) is 123 cm³/mol. The van der Waals surface area contributed by atoms with Crippen LogP contribution in [0.4, 0.5) is 0 Å². The molecular formula is C25H31ClN2O4. The van der Waals surface area contributed by atoms with E-state index in [-0.39, 0.29) is 24.2 Å². The highest BCUT2D eigenvalue weighted by atomic mass is 35.5. The third-order valence-electron chi connectivity index (χ3n) is 6.16. The van der Waals surface area contributed by atoms with E-state index in [1.54, 1.807) is 0 Å². The summed E-state index contributed by atoms with van der Waals surface area (Å²) in [5.41, 5.74) is 2.11. The fourth-order valence-corrected chi connectivity index (χ4v) is 4.76. The van der Waals surface area contributed by atoms with Gasteiger partial charge in [0.1, 0.15) is 0 Å². The lowest BCUT2D eigenvalue weighted by atomic mass is 9.94. The van der Waals surface area contributed by atoms with E-state index in [2.05, 4.69) is 22.3 Å². The van der Waals surface area contributed by atoms with Crippen molar-refractivity contribution in [3.63, 3.8) is 0 Å². The van der Waals surface area contributed by atoms with Crippen molar-refractivity contribution in [3.05, 3.63) is 70.7 Å². The van der Waals surface area contributed by atoms with Gasteiger partial charge >= 0.3 is 0 Å². The molecule has 0 spiro atoms. The average Bonchev–Trinajstić information content (AvgIpc) is 2.78. The van der Waals surface area contributed by atoms with Crippen molar-refractivity contribution in [2.24, 2.45) is 0 Å². The van der Waals surface area contributed by atoms with Gasteiger partial charge in [-0.2, -0.15) is 0 Å². The molecule has 7 heteroatoms. The molecule has 2 aromatic carbocycles. The smallest absolute Gasteiger partial charge is 0.222 e. The lowest BCUT2D eigenvalue weighted by molar-refractivity contribution is -0.158. The van der Waals surface area contributed by atoms with Crippen LogP contribution in [0, 0.1) is 0 Å². The number of aliphatic hydroxyl groups excluding tert-OH is 1. The van der Waals surface area contributed by atoms with Crippen molar-refractivity contribution in [1.82, 2.24) is 10.2 Å². The maximum Gasteiger partial charge on any atom is 0.222 e. The van der Waals surface area contributed by atoms with Gasteiger partial charge in [0.2, 0.25) is 5.91 Å². The number of rotatable bonds is 6. The molecule has 0 unspecified atom stereocenters. The molecule has 2 fully saturated rings. The van der Waals surface area contributed by atoms with Gasteiger partial charge in [0.15, 0.2) is 0 Å². The number of carbonyl (C=O) groups excluding carboxylic acids is 1. The van der Waals surface area contributed by atoms with Crippen molar-refractivity contribution in [2.45, 2.75) is 56.7 Å². The Morgan fingerprint density at radius 2 is 1.88 bits per heavy atom. The summed E-state index contributed by atoms with van der Waals surface area (Å²) >= 11 is 6.17. The number of carbonyl (C=O) groups is 1. The summed E-state index contributed by atoms with van der Waals surface area (Å²) in [6.45, 7) is 2.42. The number of amides is 1. The van der Waals surface area contributed by atoms with Gasteiger partial charge < -0.3 is 19.9 Å². The van der Waals surface area contributed by atoms with Crippen LogP contribution in [0.5, 0.6) is 0 Å². The zero-order valence-electron chi connectivity index (χ0n) is 18.2. The van der Waals surface area contributed by atoms with Gasteiger partial charge in [-0.1, -0.05) is 60.1 Å². The number of fused-ring (bicyclic) bond motifs is 1. The number of halogens is 1. The molecule has 0 saturated carbocycles. The standard InChI is InChI=1S/C25H31ClN2O4/c26-22-9-5-4-8-19(22)13-27-25(30)12-21-10-11-23-24(32-21)17-31-16-20(29)15-28(23)14-18-6-2-1-3-7-18/h1-9,20-21,23-24,29H,10-17H2,(H,27,30)/t20-,21-,23-,24+/m0/s1. The van der Waals surface area contributed by atoms with Gasteiger partial charge in [0, 0.05) is 30.7 Å². The van der Waals surface area contributed by atoms with Crippen LogP contribution in [0.3, 0.4) is 0 Å². The molecule has 0 aliphatic carbocycles. The minimum atomic E-state index is -0.520. The Labute approximate surface area is 194 Å². The Kier molecular flexibility index (Phi) is 8.16. The molecule has 2 saturated heterocycles. The normalized spacial score (nSPS) is 26.6. The van der Waals surface area contributed by atoms with Crippen molar-refractivity contribution in [1.29, 1.82) is 0 Å². The summed E-state index contributed by atoms with van der Waals surface area (Å²) in [5, 5.41) is 13.9. The molecule has 2 N–H and O–H groups in total. The van der Waals surface area contributed by atoms with E-state index in [0.29, 0.717) is 37.7 Å². The number of β-amino-alcohol motifs (C(OH)–C–C–N with tert-alkyl or cyclic N) is 1. The van der Waals surface area contributed by atoms with E-state index in [9.17, 15) is 9.90 Å². The van der Waals surface area contributed by atoms with E-state index in [1.807, 2.05) is 42.5 Å². The Balaban J connectivity index is 1.34. The first-order valence-corrected chi connectivity index (χ1v) is 11.7. The van der Waals surface area contributed by atoms with Gasteiger partial charge in [-0.25, -0.2) is 0 Å². The van der Waals surface area contributed by atoms with Gasteiger partial charge in [-0.15, -0.1) is 0 Å². The van der Waals surface area contributed by atoms with Crippen LogP contribution in [0.2, 0.25) is 5.02 Å². The number of nitrogens with zero attached hydrogens (tertiary/aromatic N) is 1. The second-order valence-electron chi connectivity index (χ2n) is 8.62. The van der Waals surface area contributed by atoms with Crippen LogP contribution in [0.1, 0.15) is 30.4 Å². The summed E-state index contributed by atoms with van der Waals surface area (Å²) in [4.78, 5) is 14.8. The summed E-state index contributed by atoms with van der Waals surface area (Å²) in [6, 6.07) is 17.9. The zero-order valence-corrected chi connectivity index (χ0v) is 18.9. The SMILES string of the molecule is O=C(C[C@@H]1CC[C@H]2[C@@H](COC[C@@H](O)CN2Cc2ccccc2)O1)NCc1ccccc1Cl. The monoisotopic (exact) mass is 458 g/mol. The van der Waals surface area contributed by atoms with E-state index < -0.39 is 6.10 Å². The largest absolute Gasteiger partial charge is 0.389 e. The molecule has 0 bridgehead atoms. The second kappa shape index (κ2) is 11.3. The number of nitrogens with one attached hydrogen (secondary N) is 1.